The van der Waals surface area contributed by atoms with Crippen LogP contribution in [0.2, 0.25) is 0 Å². The summed E-state index contributed by atoms with van der Waals surface area (Å²) in [4.78, 5) is 2.87. The number of hydrogen-bond acceptors (Lipinski definition) is 8. The smallest absolute Gasteiger partial charge is 0.477 e. The summed E-state index contributed by atoms with van der Waals surface area (Å²) >= 11 is 0. The lowest BCUT2D eigenvalue weighted by Gasteiger charge is -2.33. The molecule has 0 saturated heterocycles. The van der Waals surface area contributed by atoms with Crippen LogP contribution in [0.3, 0.4) is 0 Å². The van der Waals surface area contributed by atoms with Crippen molar-refractivity contribution in [2.24, 2.45) is 5.73 Å². The van der Waals surface area contributed by atoms with E-state index in [1.54, 1.807) is 6.92 Å². The van der Waals surface area contributed by atoms with Crippen LogP contribution in [0.4, 0.5) is 13.2 Å². The van der Waals surface area contributed by atoms with Gasteiger partial charge in [-0.3, -0.25) is 0 Å². The first-order valence-corrected chi connectivity index (χ1v) is 10.8. The summed E-state index contributed by atoms with van der Waals surface area (Å²) in [5.74, 6) is -0.523. The molecule has 0 aliphatic carbocycles. The number of aliphatic hydroxyl groups excluding tert-OH is 1. The first-order chi connectivity index (χ1) is 14.3. The van der Waals surface area contributed by atoms with Crippen LogP contribution in [0.15, 0.2) is 51.7 Å². The third-order valence-electron chi connectivity index (χ3n) is 4.11. The summed E-state index contributed by atoms with van der Waals surface area (Å²) < 4.78 is 73.2. The number of alkyl halides is 3. The second-order valence-electron chi connectivity index (χ2n) is 7.29. The molecule has 8 nitrogen and oxygen atoms in total. The molecule has 1 aromatic carbocycles. The molecule has 1 aromatic rings. The zero-order chi connectivity index (χ0) is 23.4. The number of sulfone groups is 1. The van der Waals surface area contributed by atoms with E-state index < -0.39 is 28.1 Å². The average molecular weight is 465 g/mol. The van der Waals surface area contributed by atoms with Gasteiger partial charge in [0.25, 0.3) is 0 Å². The average Bonchev–Trinajstić information content (AvgIpc) is 2.61. The largest absolute Gasteiger partial charge is 0.573 e. The van der Waals surface area contributed by atoms with E-state index in [1.807, 2.05) is 19.0 Å². The van der Waals surface area contributed by atoms with Gasteiger partial charge >= 0.3 is 6.36 Å². The van der Waals surface area contributed by atoms with Gasteiger partial charge in [0.05, 0.1) is 17.5 Å². The number of aliphatic hydroxyl groups is 1. The Bertz CT molecular complexity index is 926. The Morgan fingerprint density at radius 1 is 1.26 bits per heavy atom. The molecule has 174 valence electrons. The van der Waals surface area contributed by atoms with Crippen molar-refractivity contribution >= 4 is 9.84 Å². The van der Waals surface area contributed by atoms with Crippen molar-refractivity contribution < 1.29 is 36.2 Å². The van der Waals surface area contributed by atoms with Crippen LogP contribution >= 0.6 is 0 Å². The maximum Gasteiger partial charge on any atom is 0.573 e. The van der Waals surface area contributed by atoms with Gasteiger partial charge in [-0.1, -0.05) is 0 Å². The minimum Gasteiger partial charge on any atom is -0.477 e. The van der Waals surface area contributed by atoms with Crippen LogP contribution in [0, 0.1) is 0 Å². The quantitative estimate of drug-likeness (QED) is 0.567. The molecule has 0 aromatic heterocycles. The summed E-state index contributed by atoms with van der Waals surface area (Å²) in [5.41, 5.74) is 6.16. The van der Waals surface area contributed by atoms with Crippen molar-refractivity contribution in [2.45, 2.75) is 24.3 Å². The highest BCUT2D eigenvalue weighted by Crippen LogP contribution is 2.31. The van der Waals surface area contributed by atoms with Gasteiger partial charge in [-0.15, -0.1) is 13.2 Å². The van der Waals surface area contributed by atoms with Gasteiger partial charge in [-0.2, -0.15) is 0 Å². The highest BCUT2D eigenvalue weighted by atomic mass is 32.2. The molecule has 0 bridgehead atoms. The zero-order valence-corrected chi connectivity index (χ0v) is 18.2. The Hall–Kier alpha value is -2.44. The monoisotopic (exact) mass is 465 g/mol. The molecule has 2 rings (SSSR count). The van der Waals surface area contributed by atoms with Crippen molar-refractivity contribution in [1.29, 1.82) is 0 Å². The van der Waals surface area contributed by atoms with Crippen molar-refractivity contribution in [2.75, 3.05) is 40.3 Å². The van der Waals surface area contributed by atoms with Crippen molar-refractivity contribution in [3.05, 3.63) is 46.8 Å². The Morgan fingerprint density at radius 2 is 1.87 bits per heavy atom. The van der Waals surface area contributed by atoms with Gasteiger partial charge in [-0.25, -0.2) is 8.42 Å². The maximum atomic E-state index is 13.3. The summed E-state index contributed by atoms with van der Waals surface area (Å²) in [7, 11) is -0.548. The normalized spacial score (nSPS) is 16.4. The fourth-order valence-electron chi connectivity index (χ4n) is 2.82. The SMILES string of the molecule is C[C@H](O)CN1CC(N)=CC(S(=O)(=O)c2ccc(OC(F)(F)F)cc2)=C1OCCN(C)C. The molecule has 0 saturated carbocycles. The van der Waals surface area contributed by atoms with E-state index in [4.69, 9.17) is 10.5 Å². The molecule has 1 heterocycles. The van der Waals surface area contributed by atoms with Crippen molar-refractivity contribution in [3.8, 4) is 5.75 Å². The number of nitrogens with zero attached hydrogens (tertiary/aromatic N) is 2. The molecule has 0 spiro atoms. The van der Waals surface area contributed by atoms with E-state index in [-0.39, 0.29) is 41.1 Å². The van der Waals surface area contributed by atoms with Crippen LogP contribution in [0.1, 0.15) is 6.92 Å². The van der Waals surface area contributed by atoms with Crippen LogP contribution in [-0.2, 0) is 14.6 Å². The Balaban J connectivity index is 2.46. The highest BCUT2D eigenvalue weighted by Gasteiger charge is 2.33. The van der Waals surface area contributed by atoms with Crippen LogP contribution in [0.25, 0.3) is 0 Å². The van der Waals surface area contributed by atoms with Gasteiger partial charge in [0.2, 0.25) is 15.7 Å². The minimum absolute atomic E-state index is 0.0209. The predicted molar refractivity (Wildman–Crippen MR) is 107 cm³/mol. The third-order valence-corrected chi connectivity index (χ3v) is 5.87. The Kier molecular flexibility index (Phi) is 7.84. The molecule has 0 radical (unpaired) electrons. The number of β-amino-alcohol motifs (C(OH)–C–C–N with tert-alkyl or cyclic N) is 1. The zero-order valence-electron chi connectivity index (χ0n) is 17.4. The van der Waals surface area contributed by atoms with Crippen LogP contribution in [-0.4, -0.2) is 76.1 Å². The van der Waals surface area contributed by atoms with E-state index in [0.29, 0.717) is 6.54 Å². The number of likely N-dealkylation sites (N-methyl/N-ethyl adjacent to an activating group) is 1. The van der Waals surface area contributed by atoms with Gasteiger partial charge in [0.15, 0.2) is 0 Å². The van der Waals surface area contributed by atoms with Crippen molar-refractivity contribution in [1.82, 2.24) is 9.80 Å². The first-order valence-electron chi connectivity index (χ1n) is 9.31. The third kappa shape index (κ3) is 7.04. The fourth-order valence-corrected chi connectivity index (χ4v) is 4.29. The minimum atomic E-state index is -4.89. The van der Waals surface area contributed by atoms with Crippen molar-refractivity contribution in [3.63, 3.8) is 0 Å². The highest BCUT2D eigenvalue weighted by molar-refractivity contribution is 7.95. The lowest BCUT2D eigenvalue weighted by atomic mass is 10.2. The molecule has 12 heteroatoms. The Morgan fingerprint density at radius 3 is 2.39 bits per heavy atom. The summed E-state index contributed by atoms with van der Waals surface area (Å²) in [6, 6.07) is 3.85. The second-order valence-corrected chi connectivity index (χ2v) is 9.21. The fraction of sp³-hybridized carbons (Fsp3) is 0.474. The van der Waals surface area contributed by atoms with E-state index in [0.717, 1.165) is 24.3 Å². The van der Waals surface area contributed by atoms with E-state index in [2.05, 4.69) is 4.74 Å². The molecule has 1 aliphatic rings. The molecule has 0 unspecified atom stereocenters. The summed E-state index contributed by atoms with van der Waals surface area (Å²) in [5, 5.41) is 9.81. The molecular weight excluding hydrogens is 439 g/mol. The van der Waals surface area contributed by atoms with E-state index in [9.17, 15) is 26.7 Å². The number of nitrogens with two attached hydrogens (primary N) is 1. The predicted octanol–water partition coefficient (Wildman–Crippen LogP) is 1.65. The summed E-state index contributed by atoms with van der Waals surface area (Å²) in [6.45, 7) is 2.44. The molecular formula is C19H26F3N3O5S. The second kappa shape index (κ2) is 9.79. The topological polar surface area (TPSA) is 105 Å². The lowest BCUT2D eigenvalue weighted by Crippen LogP contribution is -2.39. The number of allylic oxidation sites excluding steroid dienone is 1. The maximum absolute atomic E-state index is 13.3. The van der Waals surface area contributed by atoms with Gasteiger partial charge in [0.1, 0.15) is 17.3 Å². The summed E-state index contributed by atoms with van der Waals surface area (Å²) in [6.07, 6.45) is -4.42. The number of hydrogen-bond donors (Lipinski definition) is 2. The van der Waals surface area contributed by atoms with E-state index in [1.165, 1.54) is 11.0 Å². The Labute approximate surface area is 179 Å². The number of rotatable bonds is 9. The van der Waals surface area contributed by atoms with E-state index >= 15 is 0 Å². The number of ether oxygens (including phenoxy) is 2. The number of halogens is 3. The van der Waals surface area contributed by atoms with Crippen LogP contribution in [0.5, 0.6) is 5.75 Å². The standard InChI is InChI=1S/C19H26F3N3O5S/c1-13(26)11-25-12-14(23)10-17(18(25)29-9-8-24(2)3)31(27,28)16-6-4-15(5-7-16)30-19(20,21)22/h4-7,10,13,26H,8-9,11-12,23H2,1-3H3/t13-/m0/s1. The molecule has 0 fully saturated rings. The molecule has 3 N–H and O–H groups in total. The lowest BCUT2D eigenvalue weighted by molar-refractivity contribution is -0.274. The molecule has 31 heavy (non-hydrogen) atoms. The molecule has 0 amide bonds. The molecule has 1 atom stereocenters. The molecule has 1 aliphatic heterocycles. The van der Waals surface area contributed by atoms with Gasteiger partial charge < -0.3 is 30.1 Å². The van der Waals surface area contributed by atoms with Crippen LogP contribution < -0.4 is 10.5 Å². The number of benzene rings is 1. The first kappa shape index (κ1) is 24.8. The van der Waals surface area contributed by atoms with Gasteiger partial charge in [0, 0.05) is 18.8 Å². The van der Waals surface area contributed by atoms with Gasteiger partial charge in [-0.05, 0) is 51.4 Å².